The Morgan fingerprint density at radius 1 is 1.06 bits per heavy atom. The van der Waals surface area contributed by atoms with Crippen LogP contribution in [0.3, 0.4) is 0 Å². The molecule has 2 heterocycles. The third-order valence-corrected chi connectivity index (χ3v) is 7.58. The minimum absolute atomic E-state index is 0.00874. The number of carbonyl (C=O) groups excluding carboxylic acids is 1. The summed E-state index contributed by atoms with van der Waals surface area (Å²) in [5.74, 6) is -0.758. The summed E-state index contributed by atoms with van der Waals surface area (Å²) >= 11 is 0. The van der Waals surface area contributed by atoms with E-state index in [2.05, 4.69) is 32.9 Å². The van der Waals surface area contributed by atoms with Gasteiger partial charge in [-0.2, -0.15) is 0 Å². The van der Waals surface area contributed by atoms with Gasteiger partial charge in [-0.15, -0.1) is 0 Å². The number of hydrogen-bond acceptors (Lipinski definition) is 3. The first-order valence-corrected chi connectivity index (χ1v) is 11.4. The lowest BCUT2D eigenvalue weighted by Gasteiger charge is -2.28. The Bertz CT molecular complexity index is 1090. The van der Waals surface area contributed by atoms with Gasteiger partial charge in [0.1, 0.15) is 11.6 Å². The Balaban J connectivity index is 1.61. The van der Waals surface area contributed by atoms with Crippen molar-refractivity contribution in [3.05, 3.63) is 75.3 Å². The molecule has 2 bridgehead atoms. The molecule has 0 spiro atoms. The standard InChI is InChI=1S/C27H29FO3/c1-5-15-9-13(3)10-16(6-2)21(15)23-25(29)22-20-12-19(27(31-20)24(22)26(23)30)18-11-17(28)8-7-14(18)4/h7-11,19-20,22,24,27,30H,5-6,12H2,1-4H3/t19?,20?,22-,24+,27?/m0/s1. The van der Waals surface area contributed by atoms with Gasteiger partial charge < -0.3 is 9.84 Å². The van der Waals surface area contributed by atoms with Gasteiger partial charge in [0, 0.05) is 5.92 Å². The summed E-state index contributed by atoms with van der Waals surface area (Å²) in [6, 6.07) is 9.10. The second-order valence-corrected chi connectivity index (χ2v) is 9.32. The number of ether oxygens (including phenoxy) is 1. The normalized spacial score (nSPS) is 29.2. The SMILES string of the molecule is CCc1cc(C)cc(CC)c1C1=C(O)[C@@H]2C3OC(CC3c3cc(F)ccc3C)[C@@H]2C1=O. The molecule has 3 unspecified atom stereocenters. The van der Waals surface area contributed by atoms with E-state index in [4.69, 9.17) is 4.74 Å². The second-order valence-electron chi connectivity index (χ2n) is 9.32. The lowest BCUT2D eigenvalue weighted by atomic mass is 9.72. The maximum Gasteiger partial charge on any atom is 0.173 e. The molecule has 0 amide bonds. The highest BCUT2D eigenvalue weighted by Gasteiger charge is 2.62. The van der Waals surface area contributed by atoms with E-state index >= 15 is 0 Å². The molecule has 1 N–H and O–H groups in total. The van der Waals surface area contributed by atoms with Gasteiger partial charge in [-0.25, -0.2) is 4.39 Å². The van der Waals surface area contributed by atoms with Crippen LogP contribution in [0.2, 0.25) is 0 Å². The van der Waals surface area contributed by atoms with Gasteiger partial charge >= 0.3 is 0 Å². The number of rotatable bonds is 4. The number of allylic oxidation sites excluding steroid dienone is 1. The molecule has 2 saturated heterocycles. The highest BCUT2D eigenvalue weighted by molar-refractivity contribution is 6.26. The Morgan fingerprint density at radius 3 is 2.39 bits per heavy atom. The first-order chi connectivity index (χ1) is 14.8. The van der Waals surface area contributed by atoms with Crippen molar-refractivity contribution in [1.82, 2.24) is 0 Å². The molecule has 31 heavy (non-hydrogen) atoms. The molecule has 162 valence electrons. The lowest BCUT2D eigenvalue weighted by Crippen LogP contribution is -2.33. The molecule has 3 aliphatic rings. The summed E-state index contributed by atoms with van der Waals surface area (Å²) in [5, 5.41) is 11.4. The molecule has 3 nitrogen and oxygen atoms in total. The van der Waals surface area contributed by atoms with Crippen molar-refractivity contribution in [3.63, 3.8) is 0 Å². The molecule has 1 aliphatic carbocycles. The summed E-state index contributed by atoms with van der Waals surface area (Å²) in [5.41, 5.74) is 6.76. The van der Waals surface area contributed by atoms with Gasteiger partial charge in [0.2, 0.25) is 0 Å². The second kappa shape index (κ2) is 7.30. The molecular weight excluding hydrogens is 391 g/mol. The van der Waals surface area contributed by atoms with E-state index in [0.29, 0.717) is 12.0 Å². The van der Waals surface area contributed by atoms with E-state index in [9.17, 15) is 14.3 Å². The number of benzene rings is 2. The summed E-state index contributed by atoms with van der Waals surface area (Å²) in [7, 11) is 0. The summed E-state index contributed by atoms with van der Waals surface area (Å²) in [6.07, 6.45) is 1.78. The van der Waals surface area contributed by atoms with Crippen LogP contribution in [0.1, 0.15) is 59.6 Å². The van der Waals surface area contributed by atoms with Crippen LogP contribution in [0.15, 0.2) is 36.1 Å². The zero-order valence-corrected chi connectivity index (χ0v) is 18.5. The van der Waals surface area contributed by atoms with Crippen LogP contribution in [-0.2, 0) is 22.4 Å². The minimum Gasteiger partial charge on any atom is -0.511 e. The number of aryl methyl sites for hydroxylation is 4. The van der Waals surface area contributed by atoms with E-state index in [1.54, 1.807) is 12.1 Å². The van der Waals surface area contributed by atoms with Crippen LogP contribution in [0.4, 0.5) is 4.39 Å². The number of hydrogen-bond donors (Lipinski definition) is 1. The van der Waals surface area contributed by atoms with Crippen LogP contribution in [0, 0.1) is 31.5 Å². The van der Waals surface area contributed by atoms with Gasteiger partial charge in [0.15, 0.2) is 5.78 Å². The van der Waals surface area contributed by atoms with Crippen LogP contribution in [-0.4, -0.2) is 23.1 Å². The van der Waals surface area contributed by atoms with Gasteiger partial charge in [-0.05, 0) is 73.1 Å². The van der Waals surface area contributed by atoms with E-state index in [0.717, 1.165) is 40.7 Å². The van der Waals surface area contributed by atoms with Crippen molar-refractivity contribution < 1.29 is 19.0 Å². The van der Waals surface area contributed by atoms with Gasteiger partial charge in [0.25, 0.3) is 0 Å². The van der Waals surface area contributed by atoms with Crippen molar-refractivity contribution >= 4 is 11.4 Å². The Kier molecular flexibility index (Phi) is 4.82. The number of aliphatic hydroxyl groups excluding tert-OH is 1. The molecule has 0 radical (unpaired) electrons. The summed E-state index contributed by atoms with van der Waals surface area (Å²) < 4.78 is 20.2. The van der Waals surface area contributed by atoms with E-state index in [1.807, 2.05) is 6.92 Å². The van der Waals surface area contributed by atoms with Gasteiger partial charge in [-0.3, -0.25) is 4.79 Å². The number of Topliss-reactive ketones (excluding diaryl/α,β-unsaturated/α-hetero) is 1. The average molecular weight is 421 g/mol. The molecule has 2 fully saturated rings. The van der Waals surface area contributed by atoms with E-state index in [1.165, 1.54) is 11.6 Å². The van der Waals surface area contributed by atoms with Crippen molar-refractivity contribution in [2.45, 2.75) is 65.1 Å². The molecule has 5 rings (SSSR count). The van der Waals surface area contributed by atoms with Crippen LogP contribution in [0.25, 0.3) is 5.57 Å². The fourth-order valence-corrected chi connectivity index (χ4v) is 6.24. The first-order valence-electron chi connectivity index (χ1n) is 11.4. The van der Waals surface area contributed by atoms with Gasteiger partial charge in [-0.1, -0.05) is 37.6 Å². The number of fused-ring (bicyclic) bond motifs is 5. The Labute approximate surface area is 182 Å². The number of halogens is 1. The molecule has 2 aromatic rings. The molecule has 0 saturated carbocycles. The highest BCUT2D eigenvalue weighted by atomic mass is 19.1. The number of carbonyl (C=O) groups is 1. The van der Waals surface area contributed by atoms with Crippen molar-refractivity contribution in [2.75, 3.05) is 0 Å². The van der Waals surface area contributed by atoms with Crippen LogP contribution >= 0.6 is 0 Å². The Hall–Kier alpha value is -2.46. The largest absolute Gasteiger partial charge is 0.511 e. The predicted octanol–water partition coefficient (Wildman–Crippen LogP) is 5.61. The van der Waals surface area contributed by atoms with Crippen molar-refractivity contribution in [1.29, 1.82) is 0 Å². The summed E-state index contributed by atoms with van der Waals surface area (Å²) in [4.78, 5) is 13.6. The average Bonchev–Trinajstić information content (AvgIpc) is 3.41. The third-order valence-electron chi connectivity index (χ3n) is 7.58. The number of ketones is 1. The maximum atomic E-state index is 14.0. The number of aliphatic hydroxyl groups is 1. The molecule has 2 aliphatic heterocycles. The zero-order chi connectivity index (χ0) is 22.0. The minimum atomic E-state index is -0.343. The van der Waals surface area contributed by atoms with Crippen LogP contribution in [0.5, 0.6) is 0 Å². The predicted molar refractivity (Wildman–Crippen MR) is 119 cm³/mol. The van der Waals surface area contributed by atoms with E-state index in [-0.39, 0.29) is 47.3 Å². The molecule has 0 aromatic heterocycles. The highest BCUT2D eigenvalue weighted by Crippen LogP contribution is 2.58. The first kappa shape index (κ1) is 20.4. The lowest BCUT2D eigenvalue weighted by molar-refractivity contribution is -0.118. The summed E-state index contributed by atoms with van der Waals surface area (Å²) in [6.45, 7) is 8.23. The monoisotopic (exact) mass is 420 g/mol. The maximum absolute atomic E-state index is 14.0. The van der Waals surface area contributed by atoms with Crippen molar-refractivity contribution in [2.24, 2.45) is 11.8 Å². The topological polar surface area (TPSA) is 46.5 Å². The van der Waals surface area contributed by atoms with E-state index < -0.39 is 0 Å². The van der Waals surface area contributed by atoms with Crippen molar-refractivity contribution in [3.8, 4) is 0 Å². The Morgan fingerprint density at radius 2 is 1.74 bits per heavy atom. The van der Waals surface area contributed by atoms with Crippen LogP contribution < -0.4 is 0 Å². The molecule has 5 atom stereocenters. The third kappa shape index (κ3) is 2.91. The molecule has 2 aromatic carbocycles. The van der Waals surface area contributed by atoms with Gasteiger partial charge in [0.05, 0.1) is 29.6 Å². The molecular formula is C27H29FO3. The smallest absolute Gasteiger partial charge is 0.173 e. The zero-order valence-electron chi connectivity index (χ0n) is 18.5. The fourth-order valence-electron chi connectivity index (χ4n) is 6.24. The molecule has 4 heteroatoms. The fraction of sp³-hybridized carbons (Fsp3) is 0.444. The quantitative estimate of drug-likeness (QED) is 0.700.